The predicted molar refractivity (Wildman–Crippen MR) is 178 cm³/mol. The third-order valence-corrected chi connectivity index (χ3v) is 13.7. The Morgan fingerprint density at radius 1 is 0.957 bits per heavy atom. The summed E-state index contributed by atoms with van der Waals surface area (Å²) in [6, 6.07) is 21.7. The maximum atomic E-state index is 15.3. The van der Waals surface area contributed by atoms with Crippen LogP contribution in [-0.2, 0) is 21.6 Å². The smallest absolute Gasteiger partial charge is 0.318 e. The van der Waals surface area contributed by atoms with Gasteiger partial charge in [0.2, 0.25) is 0 Å². The number of allylic oxidation sites excluding steroid dienone is 1. The van der Waals surface area contributed by atoms with E-state index in [4.69, 9.17) is 4.74 Å². The summed E-state index contributed by atoms with van der Waals surface area (Å²) in [7, 11) is 0. The number of aliphatic hydroxyl groups is 3. The number of carbonyl (C=O) groups is 2. The van der Waals surface area contributed by atoms with E-state index in [2.05, 4.69) is 18.4 Å². The van der Waals surface area contributed by atoms with Gasteiger partial charge in [-0.25, -0.2) is 0 Å². The molecule has 0 bridgehead atoms. The van der Waals surface area contributed by atoms with Gasteiger partial charge in [-0.3, -0.25) is 14.5 Å². The third kappa shape index (κ3) is 3.77. The number of Topliss-reactive ketones (excluding diaryl/α,β-unsaturated/α-hetero) is 1. The van der Waals surface area contributed by atoms with Crippen LogP contribution in [0.1, 0.15) is 67.4 Å². The summed E-state index contributed by atoms with van der Waals surface area (Å²) in [5.74, 6) is -1.07. The highest BCUT2D eigenvalue weighted by atomic mass is 16.6. The molecule has 7 nitrogen and oxygen atoms in total. The summed E-state index contributed by atoms with van der Waals surface area (Å²) in [6.45, 7) is 9.45. The van der Waals surface area contributed by atoms with Gasteiger partial charge in [0.1, 0.15) is 23.7 Å². The molecular weight excluding hydrogens is 590 g/mol. The van der Waals surface area contributed by atoms with Gasteiger partial charge in [0.05, 0.1) is 12.7 Å². The number of ketones is 1. The van der Waals surface area contributed by atoms with E-state index in [1.54, 1.807) is 0 Å². The molecule has 5 aliphatic rings. The van der Waals surface area contributed by atoms with Gasteiger partial charge in [-0.1, -0.05) is 92.7 Å². The van der Waals surface area contributed by atoms with Gasteiger partial charge in [-0.05, 0) is 77.2 Å². The minimum absolute atomic E-state index is 0.0366. The van der Waals surface area contributed by atoms with Crippen LogP contribution in [0.15, 0.2) is 78.9 Å². The SMILES string of the molecule is C=C1CC[C@@H]2[C@](C)(CO)[C@H](O)CC[C@@]2(C)[C@@H]1CC1CN(Cc2ccccc2)[C@@]2(C(=O)c3cccc4cccc2c34)[C@]12C(=O)OC[C@H]2O. The van der Waals surface area contributed by atoms with Gasteiger partial charge in [0.15, 0.2) is 5.78 Å². The topological polar surface area (TPSA) is 107 Å². The number of rotatable bonds is 5. The number of hydrogen-bond donors (Lipinski definition) is 3. The van der Waals surface area contributed by atoms with E-state index < -0.39 is 40.5 Å². The lowest BCUT2D eigenvalue weighted by atomic mass is 9.45. The number of ether oxygens (including phenoxy) is 1. The molecule has 2 saturated heterocycles. The standard InChI is InChI=1S/C40H45NO6/c1-24-15-16-31-37(2,18-17-32(43)38(31,3)23-42)30(24)19-27-21-41(20-25-9-5-4-6-10-25)40(39(27)33(44)22-47-36(39)46)29-14-8-12-26-11-7-13-28(34(26)29)35(40)45/h4-14,27,30-33,42-44H,1,15-23H2,2-3H3/t27?,30-,31+,32-,33-,37+,38+,39-,40+/m1/s1. The molecule has 2 saturated carbocycles. The zero-order valence-corrected chi connectivity index (χ0v) is 27.3. The highest BCUT2D eigenvalue weighted by Crippen LogP contribution is 2.68. The Bertz CT molecular complexity index is 1780. The number of esters is 1. The summed E-state index contributed by atoms with van der Waals surface area (Å²) in [5.41, 5.74) is -0.451. The van der Waals surface area contributed by atoms with Crippen LogP contribution in [0.2, 0.25) is 0 Å². The molecule has 3 aliphatic carbocycles. The molecule has 3 aromatic rings. The highest BCUT2D eigenvalue weighted by Gasteiger charge is 2.79. The van der Waals surface area contributed by atoms with Crippen molar-refractivity contribution in [3.63, 3.8) is 0 Å². The van der Waals surface area contributed by atoms with Crippen LogP contribution in [0.4, 0.5) is 0 Å². The number of carbonyl (C=O) groups excluding carboxylic acids is 2. The monoisotopic (exact) mass is 635 g/mol. The van der Waals surface area contributed by atoms with Crippen LogP contribution < -0.4 is 0 Å². The Balaban J connectivity index is 1.32. The predicted octanol–water partition coefficient (Wildman–Crippen LogP) is 5.40. The van der Waals surface area contributed by atoms with E-state index in [1.807, 2.05) is 73.7 Å². The molecule has 3 aromatic carbocycles. The van der Waals surface area contributed by atoms with Crippen molar-refractivity contribution in [3.8, 4) is 0 Å². The highest BCUT2D eigenvalue weighted by molar-refractivity contribution is 6.22. The van der Waals surface area contributed by atoms with Gasteiger partial charge in [0.25, 0.3) is 0 Å². The zero-order chi connectivity index (χ0) is 32.9. The normalized spacial score (nSPS) is 39.7. The first-order chi connectivity index (χ1) is 22.5. The lowest BCUT2D eigenvalue weighted by Crippen LogP contribution is -2.62. The molecule has 2 heterocycles. The lowest BCUT2D eigenvalue weighted by molar-refractivity contribution is -0.161. The van der Waals surface area contributed by atoms with E-state index in [0.717, 1.165) is 46.7 Å². The molecule has 9 atom stereocenters. The van der Waals surface area contributed by atoms with Crippen LogP contribution in [0.5, 0.6) is 0 Å². The molecule has 1 unspecified atom stereocenters. The van der Waals surface area contributed by atoms with Crippen LogP contribution in [0.3, 0.4) is 0 Å². The number of fused-ring (bicyclic) bond motifs is 3. The largest absolute Gasteiger partial charge is 0.462 e. The third-order valence-electron chi connectivity index (χ3n) is 13.7. The molecule has 2 spiro atoms. The molecule has 7 heteroatoms. The minimum atomic E-state index is -1.54. The van der Waals surface area contributed by atoms with Crippen molar-refractivity contribution in [2.45, 2.75) is 70.2 Å². The molecule has 3 N–H and O–H groups in total. The van der Waals surface area contributed by atoms with E-state index in [0.29, 0.717) is 31.5 Å². The van der Waals surface area contributed by atoms with E-state index in [-0.39, 0.29) is 36.2 Å². The van der Waals surface area contributed by atoms with E-state index in [1.165, 1.54) is 0 Å². The van der Waals surface area contributed by atoms with Crippen molar-refractivity contribution >= 4 is 22.5 Å². The number of likely N-dealkylation sites (tertiary alicyclic amines) is 1. The fourth-order valence-corrected chi connectivity index (χ4v) is 11.5. The Morgan fingerprint density at radius 3 is 2.40 bits per heavy atom. The second-order valence-electron chi connectivity index (χ2n) is 15.6. The number of cyclic esters (lactones) is 1. The molecule has 4 fully saturated rings. The fourth-order valence-electron chi connectivity index (χ4n) is 11.5. The van der Waals surface area contributed by atoms with Crippen molar-refractivity contribution in [2.24, 2.45) is 34.0 Å². The van der Waals surface area contributed by atoms with Gasteiger partial charge in [-0.2, -0.15) is 0 Å². The molecule has 8 rings (SSSR count). The van der Waals surface area contributed by atoms with E-state index >= 15 is 4.79 Å². The molecule has 0 aromatic heterocycles. The van der Waals surface area contributed by atoms with Crippen LogP contribution in [0, 0.1) is 34.0 Å². The number of nitrogens with zero attached hydrogens (tertiary/aromatic N) is 1. The second-order valence-corrected chi connectivity index (χ2v) is 15.6. The summed E-state index contributed by atoms with van der Waals surface area (Å²) in [6.07, 6.45) is 1.71. The van der Waals surface area contributed by atoms with Crippen LogP contribution in [0.25, 0.3) is 10.8 Å². The lowest BCUT2D eigenvalue weighted by Gasteiger charge is -2.60. The van der Waals surface area contributed by atoms with Gasteiger partial charge in [0, 0.05) is 24.1 Å². The molecule has 0 radical (unpaired) electrons. The summed E-state index contributed by atoms with van der Waals surface area (Å²) >= 11 is 0. The molecular formula is C40H45NO6. The summed E-state index contributed by atoms with van der Waals surface area (Å²) in [4.78, 5) is 32.1. The molecule has 47 heavy (non-hydrogen) atoms. The van der Waals surface area contributed by atoms with Gasteiger partial charge < -0.3 is 20.1 Å². The second kappa shape index (κ2) is 10.6. The number of hydrogen-bond acceptors (Lipinski definition) is 7. The first-order valence-electron chi connectivity index (χ1n) is 17.2. The van der Waals surface area contributed by atoms with Crippen molar-refractivity contribution in [1.29, 1.82) is 0 Å². The van der Waals surface area contributed by atoms with Crippen LogP contribution >= 0.6 is 0 Å². The molecule has 0 amide bonds. The Morgan fingerprint density at radius 2 is 1.70 bits per heavy atom. The molecule has 2 aliphatic heterocycles. The first kappa shape index (κ1) is 30.9. The molecule has 246 valence electrons. The van der Waals surface area contributed by atoms with Crippen molar-refractivity contribution in [2.75, 3.05) is 19.8 Å². The maximum absolute atomic E-state index is 15.3. The maximum Gasteiger partial charge on any atom is 0.318 e. The quantitative estimate of drug-likeness (QED) is 0.255. The first-order valence-corrected chi connectivity index (χ1v) is 17.2. The van der Waals surface area contributed by atoms with Crippen molar-refractivity contribution < 1.29 is 29.6 Å². The van der Waals surface area contributed by atoms with Crippen LogP contribution in [-0.4, -0.2) is 63.9 Å². The average Bonchev–Trinajstić information content (AvgIpc) is 3.63. The number of benzene rings is 3. The fraction of sp³-hybridized carbons (Fsp3) is 0.500. The van der Waals surface area contributed by atoms with Crippen molar-refractivity contribution in [3.05, 3.63) is 95.6 Å². The van der Waals surface area contributed by atoms with E-state index in [9.17, 15) is 20.1 Å². The average molecular weight is 636 g/mol. The number of aliphatic hydroxyl groups excluding tert-OH is 3. The Kier molecular flexibility index (Phi) is 6.96. The van der Waals surface area contributed by atoms with Gasteiger partial charge in [-0.15, -0.1) is 0 Å². The Hall–Kier alpha value is -3.36. The van der Waals surface area contributed by atoms with Crippen molar-refractivity contribution in [1.82, 2.24) is 4.90 Å². The Labute approximate surface area is 276 Å². The van der Waals surface area contributed by atoms with Gasteiger partial charge >= 0.3 is 5.97 Å². The minimum Gasteiger partial charge on any atom is -0.462 e. The zero-order valence-electron chi connectivity index (χ0n) is 27.3. The summed E-state index contributed by atoms with van der Waals surface area (Å²) < 4.78 is 5.82. The summed E-state index contributed by atoms with van der Waals surface area (Å²) in [5, 5.41) is 35.8.